The largest absolute Gasteiger partial charge is 0.456 e. The second kappa shape index (κ2) is 6.21. The maximum Gasteiger partial charge on any atom is 0.336 e. The van der Waals surface area contributed by atoms with Gasteiger partial charge >= 0.3 is 11.9 Å². The van der Waals surface area contributed by atoms with E-state index in [0.717, 1.165) is 37.9 Å². The van der Waals surface area contributed by atoms with Gasteiger partial charge in [0, 0.05) is 36.1 Å². The first-order chi connectivity index (χ1) is 13.4. The minimum Gasteiger partial charge on any atom is -0.456 e. The van der Waals surface area contributed by atoms with Gasteiger partial charge in [-0.15, -0.1) is 0 Å². The molecule has 2 saturated heterocycles. The summed E-state index contributed by atoms with van der Waals surface area (Å²) in [5.74, 6) is -1.15. The fourth-order valence-corrected chi connectivity index (χ4v) is 5.62. The molecule has 1 spiro atoms. The molecule has 6 heteroatoms. The van der Waals surface area contributed by atoms with Gasteiger partial charge in [-0.3, -0.25) is 4.79 Å². The van der Waals surface area contributed by atoms with Gasteiger partial charge < -0.3 is 18.8 Å². The predicted molar refractivity (Wildman–Crippen MR) is 100 cm³/mol. The number of esters is 2. The number of cyclic esters (lactones) is 1. The number of carbonyl (C=O) groups is 2. The van der Waals surface area contributed by atoms with Crippen molar-refractivity contribution in [3.63, 3.8) is 0 Å². The summed E-state index contributed by atoms with van der Waals surface area (Å²) in [5.41, 5.74) is 2.92. The molecule has 4 aliphatic rings. The Morgan fingerprint density at radius 3 is 2.68 bits per heavy atom. The van der Waals surface area contributed by atoms with E-state index in [1.165, 1.54) is 5.69 Å². The summed E-state index contributed by atoms with van der Waals surface area (Å²) >= 11 is 0. The van der Waals surface area contributed by atoms with E-state index in [2.05, 4.69) is 23.6 Å². The molecule has 0 aliphatic carbocycles. The average molecular weight is 385 g/mol. The van der Waals surface area contributed by atoms with Gasteiger partial charge in [-0.05, 0) is 44.4 Å². The third kappa shape index (κ3) is 2.43. The topological polar surface area (TPSA) is 66.8 Å². The van der Waals surface area contributed by atoms with Gasteiger partial charge in [-0.25, -0.2) is 4.79 Å². The summed E-state index contributed by atoms with van der Waals surface area (Å²) in [4.78, 5) is 24.1. The van der Waals surface area contributed by atoms with E-state index in [0.29, 0.717) is 5.57 Å². The Bertz CT molecular complexity index is 870. The van der Waals surface area contributed by atoms with Crippen molar-refractivity contribution in [3.8, 4) is 0 Å². The lowest BCUT2D eigenvalue weighted by molar-refractivity contribution is -0.204. The van der Waals surface area contributed by atoms with Crippen molar-refractivity contribution in [2.45, 2.75) is 76.9 Å². The fourth-order valence-electron chi connectivity index (χ4n) is 5.62. The number of nitrogens with zero attached hydrogens (tertiary/aromatic N) is 1. The normalized spacial score (nSPS) is 39.4. The van der Waals surface area contributed by atoms with Crippen molar-refractivity contribution in [1.82, 2.24) is 4.57 Å². The Labute approximate surface area is 164 Å². The molecule has 28 heavy (non-hydrogen) atoms. The van der Waals surface area contributed by atoms with E-state index in [-0.39, 0.29) is 41.9 Å². The molecular formula is C22H27NO5. The summed E-state index contributed by atoms with van der Waals surface area (Å²) < 4.78 is 20.2. The SMILES string of the molecule is CC[C@@H]1[C@H]2c3ccc([C@H]4C[C@@H](C)C(=O)O4)n3CCC[C@@H]2O[C@]12C=C(C)C(=O)O2. The van der Waals surface area contributed by atoms with E-state index < -0.39 is 5.79 Å². The third-order valence-corrected chi connectivity index (χ3v) is 6.94. The van der Waals surface area contributed by atoms with Crippen LogP contribution in [0.4, 0.5) is 0 Å². The van der Waals surface area contributed by atoms with Crippen molar-refractivity contribution in [2.24, 2.45) is 11.8 Å². The number of hydrogen-bond donors (Lipinski definition) is 0. The van der Waals surface area contributed by atoms with Crippen LogP contribution in [0.3, 0.4) is 0 Å². The average Bonchev–Trinajstić information content (AvgIpc) is 3.33. The molecule has 1 aromatic heterocycles. The number of hydrogen-bond acceptors (Lipinski definition) is 5. The highest BCUT2D eigenvalue weighted by Crippen LogP contribution is 2.54. The molecule has 0 aromatic carbocycles. The van der Waals surface area contributed by atoms with Gasteiger partial charge in [-0.1, -0.05) is 13.8 Å². The Morgan fingerprint density at radius 1 is 1.25 bits per heavy atom. The quantitative estimate of drug-likeness (QED) is 0.728. The number of ether oxygens (including phenoxy) is 3. The zero-order chi connectivity index (χ0) is 19.6. The highest BCUT2D eigenvalue weighted by molar-refractivity contribution is 5.90. The maximum atomic E-state index is 12.1. The predicted octanol–water partition coefficient (Wildman–Crippen LogP) is 3.61. The lowest BCUT2D eigenvalue weighted by Crippen LogP contribution is -2.36. The van der Waals surface area contributed by atoms with Crippen LogP contribution >= 0.6 is 0 Å². The molecule has 150 valence electrons. The molecule has 4 aliphatic heterocycles. The smallest absolute Gasteiger partial charge is 0.336 e. The molecule has 0 amide bonds. The Hall–Kier alpha value is -2.08. The highest BCUT2D eigenvalue weighted by Gasteiger charge is 2.59. The Kier molecular flexibility index (Phi) is 3.99. The van der Waals surface area contributed by atoms with Crippen LogP contribution in [0.5, 0.6) is 0 Å². The number of aromatic nitrogens is 1. The van der Waals surface area contributed by atoms with Gasteiger partial charge in [0.15, 0.2) is 0 Å². The molecule has 0 saturated carbocycles. The number of carbonyl (C=O) groups excluding carboxylic acids is 2. The molecule has 0 unspecified atom stereocenters. The van der Waals surface area contributed by atoms with Crippen molar-refractivity contribution >= 4 is 11.9 Å². The van der Waals surface area contributed by atoms with Crippen molar-refractivity contribution in [3.05, 3.63) is 35.2 Å². The first kappa shape index (κ1) is 18.0. The summed E-state index contributed by atoms with van der Waals surface area (Å²) in [6, 6.07) is 4.26. The van der Waals surface area contributed by atoms with Gasteiger partial charge in [0.25, 0.3) is 0 Å². The lowest BCUT2D eigenvalue weighted by atomic mass is 9.80. The van der Waals surface area contributed by atoms with E-state index in [1.54, 1.807) is 6.92 Å². The minimum absolute atomic E-state index is 0.0222. The molecule has 0 radical (unpaired) electrons. The summed E-state index contributed by atoms with van der Waals surface area (Å²) in [5, 5.41) is 0. The van der Waals surface area contributed by atoms with Crippen LogP contribution in [0.1, 0.15) is 69.9 Å². The lowest BCUT2D eigenvalue weighted by Gasteiger charge is -2.29. The zero-order valence-corrected chi connectivity index (χ0v) is 16.6. The monoisotopic (exact) mass is 385 g/mol. The summed E-state index contributed by atoms with van der Waals surface area (Å²) in [6.07, 6.45) is 5.23. The van der Waals surface area contributed by atoms with Crippen LogP contribution in [0, 0.1) is 11.8 Å². The zero-order valence-electron chi connectivity index (χ0n) is 16.6. The van der Waals surface area contributed by atoms with Crippen molar-refractivity contribution in [2.75, 3.05) is 0 Å². The van der Waals surface area contributed by atoms with Crippen LogP contribution in [-0.2, 0) is 30.3 Å². The Morgan fingerprint density at radius 2 is 2.04 bits per heavy atom. The highest BCUT2D eigenvalue weighted by atomic mass is 16.7. The molecule has 5 rings (SSSR count). The van der Waals surface area contributed by atoms with Gasteiger partial charge in [0.1, 0.15) is 6.10 Å². The van der Waals surface area contributed by atoms with Gasteiger partial charge in [0.05, 0.1) is 17.7 Å². The Balaban J connectivity index is 1.54. The van der Waals surface area contributed by atoms with E-state index in [4.69, 9.17) is 14.2 Å². The van der Waals surface area contributed by atoms with Crippen molar-refractivity contribution < 1.29 is 23.8 Å². The van der Waals surface area contributed by atoms with Crippen LogP contribution < -0.4 is 0 Å². The molecule has 2 fully saturated rings. The van der Waals surface area contributed by atoms with Gasteiger partial charge in [0.2, 0.25) is 5.79 Å². The number of rotatable bonds is 2. The molecule has 0 N–H and O–H groups in total. The third-order valence-electron chi connectivity index (χ3n) is 6.94. The second-order valence-electron chi connectivity index (χ2n) is 8.67. The van der Waals surface area contributed by atoms with E-state index >= 15 is 0 Å². The van der Waals surface area contributed by atoms with Crippen LogP contribution in [0.25, 0.3) is 0 Å². The van der Waals surface area contributed by atoms with Gasteiger partial charge in [-0.2, -0.15) is 0 Å². The first-order valence-corrected chi connectivity index (χ1v) is 10.4. The molecule has 1 aromatic rings. The van der Waals surface area contributed by atoms with E-state index in [1.807, 2.05) is 13.0 Å². The molecule has 6 nitrogen and oxygen atoms in total. The minimum atomic E-state index is -0.938. The summed E-state index contributed by atoms with van der Waals surface area (Å²) in [6.45, 7) is 6.74. The fraction of sp³-hybridized carbons (Fsp3) is 0.636. The van der Waals surface area contributed by atoms with E-state index in [9.17, 15) is 9.59 Å². The molecular weight excluding hydrogens is 358 g/mol. The maximum absolute atomic E-state index is 12.1. The standard InChI is InChI=1S/C22H27NO5/c1-4-14-19-16-8-7-15(18-10-12(2)20(24)26-18)23(16)9-5-6-17(19)27-22(14)11-13(3)21(25)28-22/h7-8,11-12,14,17-19H,4-6,9-10H2,1-3H3/t12-,14-,17+,18-,19+,22+/m1/s1. The molecule has 6 atom stereocenters. The van der Waals surface area contributed by atoms with Crippen LogP contribution in [0.2, 0.25) is 0 Å². The van der Waals surface area contributed by atoms with Crippen LogP contribution in [0.15, 0.2) is 23.8 Å². The second-order valence-corrected chi connectivity index (χ2v) is 8.67. The van der Waals surface area contributed by atoms with Crippen molar-refractivity contribution in [1.29, 1.82) is 0 Å². The molecule has 5 heterocycles. The summed E-state index contributed by atoms with van der Waals surface area (Å²) in [7, 11) is 0. The number of fused-ring (bicyclic) bond motifs is 3. The van der Waals surface area contributed by atoms with Crippen LogP contribution in [-0.4, -0.2) is 28.4 Å². The first-order valence-electron chi connectivity index (χ1n) is 10.4. The molecule has 0 bridgehead atoms.